The molecule has 1 fully saturated rings. The van der Waals surface area contributed by atoms with Gasteiger partial charge in [0.15, 0.2) is 0 Å². The molecule has 1 aliphatic heterocycles. The van der Waals surface area contributed by atoms with Crippen molar-refractivity contribution >= 4 is 5.69 Å². The van der Waals surface area contributed by atoms with Crippen molar-refractivity contribution in [3.8, 4) is 0 Å². The normalized spacial score (nSPS) is 20.8. The number of anilines is 1. The molecule has 1 atom stereocenters. The lowest BCUT2D eigenvalue weighted by Gasteiger charge is -2.29. The monoisotopic (exact) mass is 210 g/mol. The minimum absolute atomic E-state index is 0.449. The summed E-state index contributed by atoms with van der Waals surface area (Å²) in [6.07, 6.45) is 2.94. The fourth-order valence-corrected chi connectivity index (χ4v) is 2.04. The van der Waals surface area contributed by atoms with Gasteiger partial charge < -0.3 is 15.4 Å². The molecule has 1 aromatic heterocycles. The first-order chi connectivity index (χ1) is 7.33. The molecule has 1 aliphatic rings. The molecule has 0 aliphatic carbocycles. The molecular formula is C10H18N4O. The molecule has 5 heteroatoms. The topological polar surface area (TPSA) is 67.2 Å². The minimum Gasteiger partial charge on any atom is -0.379 e. The lowest BCUT2D eigenvalue weighted by molar-refractivity contribution is 0.193. The summed E-state index contributed by atoms with van der Waals surface area (Å²) in [7, 11) is 0. The predicted octanol–water partition coefficient (Wildman–Crippen LogP) is 0.272. The first-order valence-corrected chi connectivity index (χ1v) is 5.37. The average Bonchev–Trinajstić information content (AvgIpc) is 2.85. The van der Waals surface area contributed by atoms with Crippen LogP contribution in [0, 0.1) is 6.92 Å². The molecule has 3 N–H and O–H groups in total. The average molecular weight is 210 g/mol. The maximum Gasteiger partial charge on any atom is 0.0783 e. The second kappa shape index (κ2) is 4.63. The Kier molecular flexibility index (Phi) is 3.23. The van der Waals surface area contributed by atoms with Gasteiger partial charge in [0.2, 0.25) is 0 Å². The van der Waals surface area contributed by atoms with Gasteiger partial charge in [0.25, 0.3) is 0 Å². The van der Waals surface area contributed by atoms with Gasteiger partial charge in [0.1, 0.15) is 0 Å². The van der Waals surface area contributed by atoms with E-state index in [0.717, 1.165) is 37.6 Å². The molecular weight excluding hydrogens is 192 g/mol. The zero-order valence-electron chi connectivity index (χ0n) is 9.07. The fourth-order valence-electron chi connectivity index (χ4n) is 2.04. The van der Waals surface area contributed by atoms with Gasteiger partial charge >= 0.3 is 0 Å². The van der Waals surface area contributed by atoms with Gasteiger partial charge in [0, 0.05) is 19.7 Å². The Hall–Kier alpha value is -1.07. The standard InChI is InChI=1S/C10H18N4O/c1-8-10(6-12-13-8)14(4-3-11)9-2-5-15-7-9/h6,9H,2-5,7,11H2,1H3,(H,12,13). The zero-order valence-corrected chi connectivity index (χ0v) is 9.07. The third kappa shape index (κ3) is 2.13. The van der Waals surface area contributed by atoms with Gasteiger partial charge in [0.05, 0.1) is 30.2 Å². The molecule has 15 heavy (non-hydrogen) atoms. The molecule has 5 nitrogen and oxygen atoms in total. The van der Waals surface area contributed by atoms with Crippen molar-refractivity contribution < 1.29 is 4.74 Å². The van der Waals surface area contributed by atoms with Crippen LogP contribution in [0.1, 0.15) is 12.1 Å². The number of aryl methyl sites for hydroxylation is 1. The van der Waals surface area contributed by atoms with Crippen molar-refractivity contribution in [2.24, 2.45) is 5.73 Å². The number of rotatable bonds is 4. The van der Waals surface area contributed by atoms with Gasteiger partial charge in [-0.15, -0.1) is 0 Å². The minimum atomic E-state index is 0.449. The molecule has 0 saturated carbocycles. The summed E-state index contributed by atoms with van der Waals surface area (Å²) >= 11 is 0. The van der Waals surface area contributed by atoms with Crippen LogP contribution in [0.25, 0.3) is 0 Å². The molecule has 2 heterocycles. The number of nitrogens with zero attached hydrogens (tertiary/aromatic N) is 2. The smallest absolute Gasteiger partial charge is 0.0783 e. The SMILES string of the molecule is Cc1[nH]ncc1N(CCN)C1CCOC1. The summed E-state index contributed by atoms with van der Waals surface area (Å²) in [6, 6.07) is 0.449. The third-order valence-electron chi connectivity index (χ3n) is 2.83. The first kappa shape index (κ1) is 10.4. The molecule has 2 rings (SSSR count). The number of hydrogen-bond donors (Lipinski definition) is 2. The van der Waals surface area contributed by atoms with E-state index < -0.39 is 0 Å². The summed E-state index contributed by atoms with van der Waals surface area (Å²) in [4.78, 5) is 2.30. The van der Waals surface area contributed by atoms with Gasteiger partial charge in [-0.05, 0) is 13.3 Å². The second-order valence-electron chi connectivity index (χ2n) is 3.88. The van der Waals surface area contributed by atoms with E-state index in [1.165, 1.54) is 0 Å². The first-order valence-electron chi connectivity index (χ1n) is 5.37. The number of nitrogens with one attached hydrogen (secondary N) is 1. The highest BCUT2D eigenvalue weighted by Gasteiger charge is 2.24. The maximum atomic E-state index is 5.64. The molecule has 0 radical (unpaired) electrons. The molecule has 1 aromatic rings. The molecule has 0 amide bonds. The molecule has 1 unspecified atom stereocenters. The van der Waals surface area contributed by atoms with Crippen LogP contribution in [0.4, 0.5) is 5.69 Å². The van der Waals surface area contributed by atoms with Gasteiger partial charge in [-0.1, -0.05) is 0 Å². The number of nitrogens with two attached hydrogens (primary N) is 1. The van der Waals surface area contributed by atoms with Crippen LogP contribution in [0.5, 0.6) is 0 Å². The van der Waals surface area contributed by atoms with Crippen LogP contribution in [-0.2, 0) is 4.74 Å². The molecule has 0 aromatic carbocycles. The van der Waals surface area contributed by atoms with E-state index in [9.17, 15) is 0 Å². The summed E-state index contributed by atoms with van der Waals surface area (Å²) in [6.45, 7) is 5.18. The van der Waals surface area contributed by atoms with E-state index in [2.05, 4.69) is 15.1 Å². The number of H-pyrrole nitrogens is 1. The van der Waals surface area contributed by atoms with Gasteiger partial charge in [-0.25, -0.2) is 0 Å². The Bertz CT molecular complexity index is 306. The highest BCUT2D eigenvalue weighted by molar-refractivity contribution is 5.49. The van der Waals surface area contributed by atoms with E-state index in [0.29, 0.717) is 12.6 Å². The van der Waals surface area contributed by atoms with Crippen LogP contribution in [0.2, 0.25) is 0 Å². The van der Waals surface area contributed by atoms with E-state index in [1.54, 1.807) is 0 Å². The Morgan fingerprint density at radius 1 is 1.73 bits per heavy atom. The molecule has 84 valence electrons. The van der Waals surface area contributed by atoms with Crippen molar-refractivity contribution in [2.75, 3.05) is 31.2 Å². The van der Waals surface area contributed by atoms with E-state index >= 15 is 0 Å². The number of aromatic amines is 1. The van der Waals surface area contributed by atoms with Crippen molar-refractivity contribution in [1.29, 1.82) is 0 Å². The van der Waals surface area contributed by atoms with Crippen LogP contribution in [-0.4, -0.2) is 42.5 Å². The molecule has 0 spiro atoms. The van der Waals surface area contributed by atoms with Crippen LogP contribution >= 0.6 is 0 Å². The van der Waals surface area contributed by atoms with E-state index in [4.69, 9.17) is 10.5 Å². The Balaban J connectivity index is 2.15. The highest BCUT2D eigenvalue weighted by atomic mass is 16.5. The van der Waals surface area contributed by atoms with Gasteiger partial charge in [-0.3, -0.25) is 5.10 Å². The van der Waals surface area contributed by atoms with Crippen molar-refractivity contribution in [1.82, 2.24) is 10.2 Å². The number of hydrogen-bond acceptors (Lipinski definition) is 4. The zero-order chi connectivity index (χ0) is 10.7. The number of aromatic nitrogens is 2. The Morgan fingerprint density at radius 2 is 2.60 bits per heavy atom. The highest BCUT2D eigenvalue weighted by Crippen LogP contribution is 2.23. The second-order valence-corrected chi connectivity index (χ2v) is 3.88. The Morgan fingerprint density at radius 3 is 3.13 bits per heavy atom. The summed E-state index contributed by atoms with van der Waals surface area (Å²) < 4.78 is 5.41. The van der Waals surface area contributed by atoms with E-state index in [1.807, 2.05) is 13.1 Å². The van der Waals surface area contributed by atoms with Crippen molar-refractivity contribution in [3.63, 3.8) is 0 Å². The lowest BCUT2D eigenvalue weighted by atomic mass is 10.2. The maximum absolute atomic E-state index is 5.64. The summed E-state index contributed by atoms with van der Waals surface area (Å²) in [5.74, 6) is 0. The van der Waals surface area contributed by atoms with Crippen LogP contribution < -0.4 is 10.6 Å². The van der Waals surface area contributed by atoms with Crippen molar-refractivity contribution in [3.05, 3.63) is 11.9 Å². The quantitative estimate of drug-likeness (QED) is 0.748. The third-order valence-corrected chi connectivity index (χ3v) is 2.83. The summed E-state index contributed by atoms with van der Waals surface area (Å²) in [5, 5.41) is 7.01. The fraction of sp³-hybridized carbons (Fsp3) is 0.700. The predicted molar refractivity (Wildman–Crippen MR) is 58.9 cm³/mol. The Labute approximate surface area is 89.6 Å². The lowest BCUT2D eigenvalue weighted by Crippen LogP contribution is -2.39. The largest absolute Gasteiger partial charge is 0.379 e. The molecule has 0 bridgehead atoms. The van der Waals surface area contributed by atoms with Crippen LogP contribution in [0.15, 0.2) is 6.20 Å². The van der Waals surface area contributed by atoms with Crippen LogP contribution in [0.3, 0.4) is 0 Å². The summed E-state index contributed by atoms with van der Waals surface area (Å²) in [5.41, 5.74) is 7.88. The number of ether oxygens (including phenoxy) is 1. The van der Waals surface area contributed by atoms with E-state index in [-0.39, 0.29) is 0 Å². The molecule has 1 saturated heterocycles. The van der Waals surface area contributed by atoms with Gasteiger partial charge in [-0.2, -0.15) is 5.10 Å². The van der Waals surface area contributed by atoms with Crippen molar-refractivity contribution in [2.45, 2.75) is 19.4 Å².